The number of ether oxygens (including phenoxy) is 2. The van der Waals surface area contributed by atoms with Crippen molar-refractivity contribution in [1.82, 2.24) is 14.7 Å². The second-order valence-corrected chi connectivity index (χ2v) is 5.10. The van der Waals surface area contributed by atoms with Crippen molar-refractivity contribution in [3.8, 4) is 5.75 Å². The van der Waals surface area contributed by atoms with Crippen LogP contribution in [0.5, 0.6) is 5.75 Å². The number of nitrogens with zero attached hydrogens (tertiary/aromatic N) is 3. The first kappa shape index (κ1) is 14.3. The maximum atomic E-state index is 11.6. The van der Waals surface area contributed by atoms with E-state index < -0.39 is 5.60 Å². The summed E-state index contributed by atoms with van der Waals surface area (Å²) >= 11 is 0. The van der Waals surface area contributed by atoms with Gasteiger partial charge in [0.15, 0.2) is 5.75 Å². The highest BCUT2D eigenvalue weighted by atomic mass is 16.6. The third-order valence-electron chi connectivity index (χ3n) is 2.08. The van der Waals surface area contributed by atoms with Gasteiger partial charge in [-0.05, 0) is 20.8 Å². The fourth-order valence-electron chi connectivity index (χ4n) is 1.20. The number of carbonyl (C=O) groups is 1. The lowest BCUT2D eigenvalue weighted by atomic mass is 10.2. The minimum Gasteiger partial charge on any atom is -0.488 e. The van der Waals surface area contributed by atoms with E-state index >= 15 is 0 Å². The molecule has 1 amide bonds. The van der Waals surface area contributed by atoms with E-state index in [9.17, 15) is 4.79 Å². The topological polar surface area (TPSA) is 56.6 Å². The van der Waals surface area contributed by atoms with Crippen molar-refractivity contribution in [1.29, 1.82) is 0 Å². The Balaban J connectivity index is 2.28. The van der Waals surface area contributed by atoms with Gasteiger partial charge < -0.3 is 14.4 Å². The molecule has 0 aliphatic carbocycles. The summed E-state index contributed by atoms with van der Waals surface area (Å²) in [5, 5.41) is 3.98. The number of amides is 1. The van der Waals surface area contributed by atoms with Gasteiger partial charge in [-0.3, -0.25) is 4.68 Å². The zero-order chi connectivity index (χ0) is 13.8. The Hall–Kier alpha value is -1.72. The Labute approximate surface area is 107 Å². The summed E-state index contributed by atoms with van der Waals surface area (Å²) in [4.78, 5) is 13.1. The number of carbonyl (C=O) groups excluding carboxylic acids is 1. The molecule has 0 radical (unpaired) electrons. The van der Waals surface area contributed by atoms with Crippen molar-refractivity contribution < 1.29 is 14.3 Å². The Bertz CT molecular complexity index is 396. The average molecular weight is 255 g/mol. The predicted octanol–water partition coefficient (Wildman–Crippen LogP) is 1.67. The van der Waals surface area contributed by atoms with E-state index in [4.69, 9.17) is 9.47 Å². The van der Waals surface area contributed by atoms with Gasteiger partial charge in [0, 0.05) is 14.1 Å². The largest absolute Gasteiger partial charge is 0.488 e. The van der Waals surface area contributed by atoms with Crippen LogP contribution in [0.2, 0.25) is 0 Å². The van der Waals surface area contributed by atoms with Crippen LogP contribution in [0.3, 0.4) is 0 Å². The summed E-state index contributed by atoms with van der Waals surface area (Å²) in [6.45, 7) is 6.38. The monoisotopic (exact) mass is 255 g/mol. The van der Waals surface area contributed by atoms with Crippen LogP contribution < -0.4 is 4.74 Å². The van der Waals surface area contributed by atoms with E-state index in [1.807, 2.05) is 27.8 Å². The molecule has 18 heavy (non-hydrogen) atoms. The van der Waals surface area contributed by atoms with Crippen LogP contribution in [0.4, 0.5) is 4.79 Å². The summed E-state index contributed by atoms with van der Waals surface area (Å²) in [6.07, 6.45) is 3.05. The molecule has 1 rings (SSSR count). The lowest BCUT2D eigenvalue weighted by Gasteiger charge is -2.24. The summed E-state index contributed by atoms with van der Waals surface area (Å²) in [5.41, 5.74) is -0.477. The first-order chi connectivity index (χ1) is 8.28. The molecular weight excluding hydrogens is 234 g/mol. The molecule has 0 saturated heterocycles. The fourth-order valence-corrected chi connectivity index (χ4v) is 1.20. The molecule has 6 nitrogen and oxygen atoms in total. The Morgan fingerprint density at radius 1 is 1.50 bits per heavy atom. The fraction of sp³-hybridized carbons (Fsp3) is 0.667. The van der Waals surface area contributed by atoms with E-state index in [0.717, 1.165) is 0 Å². The number of aryl methyl sites for hydroxylation is 1. The van der Waals surface area contributed by atoms with Crippen molar-refractivity contribution in [3.63, 3.8) is 0 Å². The summed E-state index contributed by atoms with van der Waals surface area (Å²) in [6, 6.07) is 0. The van der Waals surface area contributed by atoms with Crippen LogP contribution in [-0.2, 0) is 11.8 Å². The van der Waals surface area contributed by atoms with Gasteiger partial charge >= 0.3 is 6.09 Å². The predicted molar refractivity (Wildman–Crippen MR) is 67.6 cm³/mol. The van der Waals surface area contributed by atoms with E-state index in [-0.39, 0.29) is 6.09 Å². The van der Waals surface area contributed by atoms with Gasteiger partial charge in [-0.1, -0.05) is 0 Å². The second kappa shape index (κ2) is 5.75. The third-order valence-corrected chi connectivity index (χ3v) is 2.08. The van der Waals surface area contributed by atoms with E-state index in [1.54, 1.807) is 24.1 Å². The van der Waals surface area contributed by atoms with Gasteiger partial charge in [0.05, 0.1) is 18.9 Å². The molecule has 102 valence electrons. The number of aromatic nitrogens is 2. The molecule has 1 aromatic rings. The zero-order valence-electron chi connectivity index (χ0n) is 11.6. The second-order valence-electron chi connectivity index (χ2n) is 5.10. The van der Waals surface area contributed by atoms with Gasteiger partial charge in [0.2, 0.25) is 0 Å². The van der Waals surface area contributed by atoms with Crippen LogP contribution in [0.25, 0.3) is 0 Å². The van der Waals surface area contributed by atoms with Gasteiger partial charge in [-0.25, -0.2) is 4.79 Å². The van der Waals surface area contributed by atoms with Crippen molar-refractivity contribution in [2.75, 3.05) is 20.2 Å². The smallest absolute Gasteiger partial charge is 0.410 e. The minimum absolute atomic E-state index is 0.350. The third kappa shape index (κ3) is 5.07. The first-order valence-corrected chi connectivity index (χ1v) is 5.83. The number of rotatable bonds is 4. The maximum absolute atomic E-state index is 11.6. The van der Waals surface area contributed by atoms with Crippen molar-refractivity contribution in [2.45, 2.75) is 26.4 Å². The molecule has 1 heterocycles. The highest BCUT2D eigenvalue weighted by Crippen LogP contribution is 2.09. The lowest BCUT2D eigenvalue weighted by molar-refractivity contribution is 0.0278. The van der Waals surface area contributed by atoms with Gasteiger partial charge in [0.25, 0.3) is 0 Å². The molecule has 0 bridgehead atoms. The molecule has 0 fully saturated rings. The Morgan fingerprint density at radius 3 is 2.67 bits per heavy atom. The lowest BCUT2D eigenvalue weighted by Crippen LogP contribution is -2.36. The van der Waals surface area contributed by atoms with Crippen LogP contribution in [0.15, 0.2) is 12.4 Å². The average Bonchev–Trinajstić information content (AvgIpc) is 2.61. The molecule has 0 atom stereocenters. The van der Waals surface area contributed by atoms with Crippen molar-refractivity contribution in [3.05, 3.63) is 12.4 Å². The minimum atomic E-state index is -0.477. The highest BCUT2D eigenvalue weighted by molar-refractivity contribution is 5.67. The molecule has 0 aromatic carbocycles. The summed E-state index contributed by atoms with van der Waals surface area (Å²) in [7, 11) is 3.50. The Morgan fingerprint density at radius 2 is 2.17 bits per heavy atom. The van der Waals surface area contributed by atoms with E-state index in [1.165, 1.54) is 4.90 Å². The standard InChI is InChI=1S/C12H21N3O3/c1-12(2,3)18-11(16)14(4)6-7-17-10-8-13-15(5)9-10/h8-9H,6-7H2,1-5H3. The number of hydrogen-bond acceptors (Lipinski definition) is 4. The molecule has 0 aliphatic heterocycles. The molecule has 0 saturated carbocycles. The zero-order valence-corrected chi connectivity index (χ0v) is 11.6. The molecule has 6 heteroatoms. The van der Waals surface area contributed by atoms with Crippen LogP contribution in [0, 0.1) is 0 Å². The van der Waals surface area contributed by atoms with Crippen LogP contribution in [0.1, 0.15) is 20.8 Å². The first-order valence-electron chi connectivity index (χ1n) is 5.83. The van der Waals surface area contributed by atoms with E-state index in [2.05, 4.69) is 5.10 Å². The molecule has 0 N–H and O–H groups in total. The molecule has 0 spiro atoms. The molecular formula is C12H21N3O3. The normalized spacial score (nSPS) is 11.2. The Kier molecular flexibility index (Phi) is 4.58. The molecule has 1 aromatic heterocycles. The number of hydrogen-bond donors (Lipinski definition) is 0. The van der Waals surface area contributed by atoms with E-state index in [0.29, 0.717) is 18.9 Å². The van der Waals surface area contributed by atoms with Crippen molar-refractivity contribution in [2.24, 2.45) is 7.05 Å². The van der Waals surface area contributed by atoms with Gasteiger partial charge in [0.1, 0.15) is 12.2 Å². The molecule has 0 unspecified atom stereocenters. The highest BCUT2D eigenvalue weighted by Gasteiger charge is 2.19. The van der Waals surface area contributed by atoms with Crippen molar-refractivity contribution >= 4 is 6.09 Å². The quantitative estimate of drug-likeness (QED) is 0.821. The van der Waals surface area contributed by atoms with Gasteiger partial charge in [-0.2, -0.15) is 5.10 Å². The summed E-state index contributed by atoms with van der Waals surface area (Å²) < 4.78 is 12.3. The number of likely N-dealkylation sites (N-methyl/N-ethyl adjacent to an activating group) is 1. The van der Waals surface area contributed by atoms with Crippen LogP contribution >= 0.6 is 0 Å². The SMILES string of the molecule is CN(CCOc1cnn(C)c1)C(=O)OC(C)(C)C. The van der Waals surface area contributed by atoms with Crippen LogP contribution in [-0.4, -0.2) is 46.6 Å². The molecule has 0 aliphatic rings. The maximum Gasteiger partial charge on any atom is 0.410 e. The van der Waals surface area contributed by atoms with Gasteiger partial charge in [-0.15, -0.1) is 0 Å². The summed E-state index contributed by atoms with van der Waals surface area (Å²) in [5.74, 6) is 0.690.